The van der Waals surface area contributed by atoms with Crippen LogP contribution in [-0.4, -0.2) is 57.1 Å². The number of carbonyl (C=O) groups is 2. The highest BCUT2D eigenvalue weighted by Crippen LogP contribution is 2.55. The zero-order valence-corrected chi connectivity index (χ0v) is 24.6. The molecule has 0 spiro atoms. The Morgan fingerprint density at radius 2 is 1.88 bits per heavy atom. The molecule has 222 valence electrons. The number of ether oxygens (including phenoxy) is 2. The van der Waals surface area contributed by atoms with E-state index in [1.54, 1.807) is 17.1 Å². The van der Waals surface area contributed by atoms with Gasteiger partial charge in [-0.3, -0.25) is 9.59 Å². The number of nitrogens with zero attached hydrogens (tertiary/aromatic N) is 2. The van der Waals surface area contributed by atoms with Gasteiger partial charge in [-0.15, -0.1) is 0 Å². The Balaban J connectivity index is 1.23. The van der Waals surface area contributed by atoms with Crippen LogP contribution < -0.4 is 15.4 Å². The summed E-state index contributed by atoms with van der Waals surface area (Å²) in [5.74, 6) is 1.40. The lowest BCUT2D eigenvalue weighted by Crippen LogP contribution is -2.61. The highest BCUT2D eigenvalue weighted by Gasteiger charge is 2.55. The van der Waals surface area contributed by atoms with Crippen molar-refractivity contribution in [3.8, 4) is 5.88 Å². The Hall–Kier alpha value is -3.17. The van der Waals surface area contributed by atoms with E-state index in [-0.39, 0.29) is 30.4 Å². The third-order valence-corrected chi connectivity index (χ3v) is 8.53. The molecule has 4 fully saturated rings. The lowest BCUT2D eigenvalue weighted by Gasteiger charge is -2.58. The van der Waals surface area contributed by atoms with Crippen molar-refractivity contribution in [2.75, 3.05) is 13.2 Å². The van der Waals surface area contributed by atoms with Gasteiger partial charge in [0.1, 0.15) is 12.2 Å². The molecule has 4 bridgehead atoms. The number of benzene rings is 1. The van der Waals surface area contributed by atoms with E-state index in [2.05, 4.69) is 15.7 Å². The molecule has 3 N–H and O–H groups in total. The number of carbonyl (C=O) groups excluding carboxylic acids is 2. The maximum atomic E-state index is 13.5. The van der Waals surface area contributed by atoms with Crippen LogP contribution >= 0.6 is 0 Å². The van der Waals surface area contributed by atoms with Crippen molar-refractivity contribution in [1.82, 2.24) is 20.4 Å². The van der Waals surface area contributed by atoms with E-state index in [0.717, 1.165) is 37.7 Å². The Labute approximate surface area is 242 Å². The van der Waals surface area contributed by atoms with Crippen molar-refractivity contribution in [1.29, 1.82) is 0 Å². The second kappa shape index (κ2) is 12.0. The van der Waals surface area contributed by atoms with E-state index >= 15 is 0 Å². The average molecular weight is 565 g/mol. The van der Waals surface area contributed by atoms with Crippen LogP contribution in [0.1, 0.15) is 75.7 Å². The van der Waals surface area contributed by atoms with Crippen molar-refractivity contribution < 1.29 is 24.2 Å². The third kappa shape index (κ3) is 7.19. The SMILES string of the molecule is CC(C)COc1c(C(=O)NC2C3CC4CC2CC(O)(C4)C3)cnn1C=CC(C)(C)NC(=O)COCc1ccccc1. The predicted octanol–water partition coefficient (Wildman–Crippen LogP) is 4.17. The minimum Gasteiger partial charge on any atom is -0.477 e. The Morgan fingerprint density at radius 3 is 2.54 bits per heavy atom. The van der Waals surface area contributed by atoms with Gasteiger partial charge in [-0.1, -0.05) is 44.2 Å². The molecule has 2 aromatic rings. The van der Waals surface area contributed by atoms with Crippen LogP contribution in [-0.2, 0) is 16.1 Å². The quantitative estimate of drug-likeness (QED) is 0.357. The molecule has 2 atom stereocenters. The van der Waals surface area contributed by atoms with Crippen molar-refractivity contribution in [3.05, 3.63) is 53.7 Å². The van der Waals surface area contributed by atoms with Gasteiger partial charge >= 0.3 is 0 Å². The fraction of sp³-hybridized carbons (Fsp3) is 0.594. The van der Waals surface area contributed by atoms with E-state index in [4.69, 9.17) is 9.47 Å². The second-order valence-electron chi connectivity index (χ2n) is 13.3. The topological polar surface area (TPSA) is 115 Å². The molecule has 6 rings (SSSR count). The van der Waals surface area contributed by atoms with Gasteiger partial charge in [-0.25, -0.2) is 4.68 Å². The second-order valence-corrected chi connectivity index (χ2v) is 13.3. The Morgan fingerprint density at radius 1 is 1.17 bits per heavy atom. The number of aromatic nitrogens is 2. The fourth-order valence-electron chi connectivity index (χ4n) is 6.98. The van der Waals surface area contributed by atoms with Crippen LogP contribution in [0.25, 0.3) is 6.20 Å². The minimum atomic E-state index is -0.697. The highest BCUT2D eigenvalue weighted by molar-refractivity contribution is 5.96. The molecule has 1 heterocycles. The maximum Gasteiger partial charge on any atom is 0.258 e. The first-order chi connectivity index (χ1) is 19.5. The monoisotopic (exact) mass is 564 g/mol. The zero-order valence-electron chi connectivity index (χ0n) is 24.6. The van der Waals surface area contributed by atoms with Crippen LogP contribution in [0.4, 0.5) is 0 Å². The molecular formula is C32H44N4O5. The van der Waals surface area contributed by atoms with Crippen molar-refractivity contribution in [2.24, 2.45) is 23.7 Å². The third-order valence-electron chi connectivity index (χ3n) is 8.53. The number of hydrogen-bond acceptors (Lipinski definition) is 6. The molecule has 2 amide bonds. The molecule has 9 heteroatoms. The number of nitrogens with one attached hydrogen (secondary N) is 2. The van der Waals surface area contributed by atoms with Crippen molar-refractivity contribution in [2.45, 2.75) is 83.6 Å². The van der Waals surface area contributed by atoms with Crippen LogP contribution in [0.3, 0.4) is 0 Å². The summed E-state index contributed by atoms with van der Waals surface area (Å²) >= 11 is 0. The molecule has 4 saturated carbocycles. The van der Waals surface area contributed by atoms with Gasteiger partial charge in [-0.2, -0.15) is 5.10 Å². The van der Waals surface area contributed by atoms with Gasteiger partial charge in [0.2, 0.25) is 11.8 Å². The predicted molar refractivity (Wildman–Crippen MR) is 156 cm³/mol. The van der Waals surface area contributed by atoms with Gasteiger partial charge < -0.3 is 25.2 Å². The number of hydrogen-bond donors (Lipinski definition) is 3. The van der Waals surface area contributed by atoms with E-state index in [1.165, 1.54) is 0 Å². The molecule has 2 unspecified atom stereocenters. The lowest BCUT2D eigenvalue weighted by atomic mass is 9.52. The lowest BCUT2D eigenvalue weighted by molar-refractivity contribution is -0.137. The van der Waals surface area contributed by atoms with E-state index in [9.17, 15) is 14.7 Å². The summed E-state index contributed by atoms with van der Waals surface area (Å²) in [4.78, 5) is 26.1. The molecule has 0 saturated heterocycles. The summed E-state index contributed by atoms with van der Waals surface area (Å²) in [6.07, 6.45) is 9.66. The van der Waals surface area contributed by atoms with Crippen LogP contribution in [0.15, 0.2) is 42.6 Å². The van der Waals surface area contributed by atoms with Gasteiger partial charge in [0.15, 0.2) is 0 Å². The molecule has 0 aliphatic heterocycles. The van der Waals surface area contributed by atoms with Crippen LogP contribution in [0.5, 0.6) is 5.88 Å². The Bertz CT molecular complexity index is 1240. The first kappa shape index (κ1) is 29.3. The number of aliphatic hydroxyl groups is 1. The zero-order chi connectivity index (χ0) is 29.2. The van der Waals surface area contributed by atoms with E-state index in [0.29, 0.717) is 42.4 Å². The minimum absolute atomic E-state index is 0.0533. The summed E-state index contributed by atoms with van der Waals surface area (Å²) in [6, 6.07) is 9.78. The molecular weight excluding hydrogens is 520 g/mol. The van der Waals surface area contributed by atoms with Crippen molar-refractivity contribution in [3.63, 3.8) is 0 Å². The van der Waals surface area contributed by atoms with Gasteiger partial charge in [0, 0.05) is 12.2 Å². The molecule has 4 aliphatic carbocycles. The molecule has 9 nitrogen and oxygen atoms in total. The average Bonchev–Trinajstić information content (AvgIpc) is 3.30. The summed E-state index contributed by atoms with van der Waals surface area (Å²) < 4.78 is 13.2. The van der Waals surface area contributed by atoms with E-state index in [1.807, 2.05) is 64.1 Å². The number of amides is 2. The first-order valence-electron chi connectivity index (χ1n) is 14.9. The largest absolute Gasteiger partial charge is 0.477 e. The summed E-state index contributed by atoms with van der Waals surface area (Å²) in [5.41, 5.74) is 0.152. The van der Waals surface area contributed by atoms with Crippen LogP contribution in [0.2, 0.25) is 0 Å². The Kier molecular flexibility index (Phi) is 8.57. The molecule has 1 aromatic heterocycles. The van der Waals surface area contributed by atoms with Crippen molar-refractivity contribution >= 4 is 18.0 Å². The molecule has 4 aliphatic rings. The molecule has 0 radical (unpaired) electrons. The molecule has 41 heavy (non-hydrogen) atoms. The van der Waals surface area contributed by atoms with Gasteiger partial charge in [0.05, 0.1) is 30.6 Å². The maximum absolute atomic E-state index is 13.5. The highest BCUT2D eigenvalue weighted by atomic mass is 16.5. The van der Waals surface area contributed by atoms with Crippen LogP contribution in [0, 0.1) is 23.7 Å². The van der Waals surface area contributed by atoms with Gasteiger partial charge in [0.25, 0.3) is 5.91 Å². The standard InChI is InChI=1S/C32H44N4O5/c1-21(2)18-41-30-26(29(38)34-28-24-12-23-13-25(28)16-32(39,14-23)15-24)17-33-36(30)11-10-31(3,4)35-27(37)20-40-19-22-8-6-5-7-9-22/h5-11,17,21,23-25,28,39H,12-16,18-20H2,1-4H3,(H,34,38)(H,35,37). The first-order valence-corrected chi connectivity index (χ1v) is 14.9. The number of rotatable bonds is 12. The summed E-state index contributed by atoms with van der Waals surface area (Å²) in [6.45, 7) is 8.60. The fourth-order valence-corrected chi connectivity index (χ4v) is 6.98. The summed E-state index contributed by atoms with van der Waals surface area (Å²) in [7, 11) is 0. The normalized spacial score (nSPS) is 27.0. The smallest absolute Gasteiger partial charge is 0.258 e. The molecule has 1 aromatic carbocycles. The van der Waals surface area contributed by atoms with E-state index < -0.39 is 11.1 Å². The van der Waals surface area contributed by atoms with Gasteiger partial charge in [-0.05, 0) is 81.3 Å². The summed E-state index contributed by atoms with van der Waals surface area (Å²) in [5, 5.41) is 21.6.